The van der Waals surface area contributed by atoms with Gasteiger partial charge in [0.05, 0.1) is 6.92 Å². The molecule has 1 saturated heterocycles. The van der Waals surface area contributed by atoms with Crippen LogP contribution in [0.25, 0.3) is 0 Å². The number of carbonyl (C=O) groups excluding carboxylic acids is 3. The Balaban J connectivity index is 2.05. The first-order chi connectivity index (χ1) is 12.8. The van der Waals surface area contributed by atoms with Crippen LogP contribution in [-0.2, 0) is 33.0 Å². The van der Waals surface area contributed by atoms with Gasteiger partial charge in [0.2, 0.25) is 25.0 Å². The van der Waals surface area contributed by atoms with Gasteiger partial charge in [-0.05, 0) is 4.92 Å². The van der Waals surface area contributed by atoms with Gasteiger partial charge in [-0.1, -0.05) is 4.98 Å². The molecule has 2 aliphatic heterocycles. The van der Waals surface area contributed by atoms with E-state index in [4.69, 9.17) is 23.4 Å². The molecule has 0 N–H and O–H groups in total. The Kier molecular flexibility index (Phi) is 5.08. The molecule has 1 aromatic heterocycles. The lowest BCUT2D eigenvalue weighted by atomic mass is 9.96. The summed E-state index contributed by atoms with van der Waals surface area (Å²) in [6.45, 7) is 4.01. The van der Waals surface area contributed by atoms with Gasteiger partial charge in [0, 0.05) is 13.8 Å². The Morgan fingerprint density at radius 2 is 2.00 bits per heavy atom. The SMILES string of the molecule is CC(=O)OC1C(OC(C)=O)[C@H](n2ccnc2[N+](=O)[O-])OC2C[O+]=C(C)O[C@@H]21. The summed E-state index contributed by atoms with van der Waals surface area (Å²) >= 11 is 0. The Hall–Kier alpha value is -3.02. The van der Waals surface area contributed by atoms with Crippen molar-refractivity contribution in [3.8, 4) is 0 Å². The van der Waals surface area contributed by atoms with Gasteiger partial charge >= 0.3 is 23.9 Å². The van der Waals surface area contributed by atoms with Crippen LogP contribution in [0, 0.1) is 10.1 Å². The molecule has 146 valence electrons. The van der Waals surface area contributed by atoms with E-state index in [1.54, 1.807) is 6.92 Å². The standard InChI is InChI=1S/C15H18N3O9/c1-7(19)24-12-11-10(6-23-9(3)26-11)27-14(13(12)25-8(2)20)17-5-4-16-15(17)18(21)22/h4-5,10-14H,6H2,1-3H3/q+1/t10?,11-,12?,13?,14+/m0/s1. The highest BCUT2D eigenvalue weighted by Gasteiger charge is 2.59. The summed E-state index contributed by atoms with van der Waals surface area (Å²) in [5.74, 6) is -1.59. The summed E-state index contributed by atoms with van der Waals surface area (Å²) in [7, 11) is 0. The van der Waals surface area contributed by atoms with Gasteiger partial charge in [-0.2, -0.15) is 4.57 Å². The Bertz CT molecular complexity index is 789. The van der Waals surface area contributed by atoms with E-state index in [2.05, 4.69) is 4.98 Å². The second kappa shape index (κ2) is 7.31. The lowest BCUT2D eigenvalue weighted by Crippen LogP contribution is -2.61. The van der Waals surface area contributed by atoms with E-state index in [1.807, 2.05) is 0 Å². The van der Waals surface area contributed by atoms with Crippen molar-refractivity contribution >= 4 is 23.9 Å². The van der Waals surface area contributed by atoms with Gasteiger partial charge in [0.15, 0.2) is 6.10 Å². The molecule has 0 aromatic carbocycles. The molecule has 12 heteroatoms. The predicted octanol–water partition coefficient (Wildman–Crippen LogP) is 0.0331. The number of fused-ring (bicyclic) bond motifs is 1. The predicted molar refractivity (Wildman–Crippen MR) is 84.3 cm³/mol. The quantitative estimate of drug-likeness (QED) is 0.231. The Morgan fingerprint density at radius 1 is 1.33 bits per heavy atom. The number of nitrogens with zero attached hydrogens (tertiary/aromatic N) is 3. The number of rotatable bonds is 4. The molecule has 0 radical (unpaired) electrons. The molecule has 12 nitrogen and oxygen atoms in total. The van der Waals surface area contributed by atoms with Crippen LogP contribution in [0.1, 0.15) is 27.0 Å². The molecule has 0 aliphatic carbocycles. The summed E-state index contributed by atoms with van der Waals surface area (Å²) in [5, 5.41) is 11.3. The van der Waals surface area contributed by atoms with E-state index in [1.165, 1.54) is 26.2 Å². The summed E-state index contributed by atoms with van der Waals surface area (Å²) in [6.07, 6.45) is -2.46. The molecule has 0 spiro atoms. The Morgan fingerprint density at radius 3 is 2.63 bits per heavy atom. The van der Waals surface area contributed by atoms with E-state index in [0.717, 1.165) is 4.57 Å². The first-order valence-electron chi connectivity index (χ1n) is 8.08. The van der Waals surface area contributed by atoms with Crippen LogP contribution in [0.4, 0.5) is 5.95 Å². The van der Waals surface area contributed by atoms with Gasteiger partial charge in [-0.3, -0.25) is 9.59 Å². The highest BCUT2D eigenvalue weighted by Crippen LogP contribution is 2.36. The highest BCUT2D eigenvalue weighted by atomic mass is 16.7. The third kappa shape index (κ3) is 3.74. The lowest BCUT2D eigenvalue weighted by Gasteiger charge is -2.40. The first kappa shape index (κ1) is 18.8. The molecule has 3 unspecified atom stereocenters. The zero-order valence-electron chi connectivity index (χ0n) is 14.8. The maximum atomic E-state index is 11.7. The van der Waals surface area contributed by atoms with Crippen molar-refractivity contribution in [2.24, 2.45) is 0 Å². The molecule has 3 heterocycles. The molecular formula is C15H18N3O9+. The number of hydrogen-bond acceptors (Lipinski definition) is 9. The number of imidazole rings is 1. The average molecular weight is 384 g/mol. The summed E-state index contributed by atoms with van der Waals surface area (Å²) in [4.78, 5) is 37.5. The number of hydrogen-bond donors (Lipinski definition) is 0. The zero-order chi connectivity index (χ0) is 19.7. The summed E-state index contributed by atoms with van der Waals surface area (Å²) < 4.78 is 28.6. The molecule has 3 rings (SSSR count). The van der Waals surface area contributed by atoms with Crippen molar-refractivity contribution in [1.82, 2.24) is 9.55 Å². The van der Waals surface area contributed by atoms with Gasteiger partial charge in [0.25, 0.3) is 6.10 Å². The van der Waals surface area contributed by atoms with E-state index < -0.39 is 53.5 Å². The second-order valence-corrected chi connectivity index (χ2v) is 5.99. The van der Waals surface area contributed by atoms with Crippen molar-refractivity contribution in [2.45, 2.75) is 51.4 Å². The van der Waals surface area contributed by atoms with Gasteiger partial charge in [-0.25, -0.2) is 0 Å². The van der Waals surface area contributed by atoms with E-state index >= 15 is 0 Å². The minimum Gasteiger partial charge on any atom is -0.452 e. The summed E-state index contributed by atoms with van der Waals surface area (Å²) in [5.41, 5.74) is 0. The number of nitro groups is 1. The highest BCUT2D eigenvalue weighted by molar-refractivity contribution is 5.69. The number of aromatic nitrogens is 2. The van der Waals surface area contributed by atoms with E-state index in [9.17, 15) is 19.7 Å². The van der Waals surface area contributed by atoms with Gasteiger partial charge in [0.1, 0.15) is 12.4 Å². The third-order valence-electron chi connectivity index (χ3n) is 4.05. The fourth-order valence-corrected chi connectivity index (χ4v) is 3.11. The fraction of sp³-hybridized carbons (Fsp3) is 0.600. The van der Waals surface area contributed by atoms with E-state index in [-0.39, 0.29) is 12.6 Å². The minimum absolute atomic E-state index is 0.0695. The van der Waals surface area contributed by atoms with Crippen molar-refractivity contribution in [1.29, 1.82) is 0 Å². The molecule has 27 heavy (non-hydrogen) atoms. The van der Waals surface area contributed by atoms with Crippen LogP contribution in [0.2, 0.25) is 0 Å². The molecule has 1 aromatic rings. The third-order valence-corrected chi connectivity index (χ3v) is 4.05. The number of carbonyl (C=O) groups is 2. The van der Waals surface area contributed by atoms with Crippen LogP contribution in [0.5, 0.6) is 0 Å². The molecule has 5 atom stereocenters. The molecule has 2 aliphatic rings. The number of ether oxygens (including phenoxy) is 4. The van der Waals surface area contributed by atoms with Gasteiger partial charge in [-0.15, -0.1) is 0 Å². The lowest BCUT2D eigenvalue weighted by molar-refractivity contribution is -0.508. The molecule has 0 amide bonds. The molecule has 0 bridgehead atoms. The summed E-state index contributed by atoms with van der Waals surface area (Å²) in [6, 6.07) is 0. The first-order valence-corrected chi connectivity index (χ1v) is 8.08. The zero-order valence-corrected chi connectivity index (χ0v) is 14.8. The van der Waals surface area contributed by atoms with Crippen molar-refractivity contribution in [3.63, 3.8) is 0 Å². The van der Waals surface area contributed by atoms with Crippen LogP contribution in [-0.4, -0.2) is 63.4 Å². The molecule has 1 fully saturated rings. The monoisotopic (exact) mass is 384 g/mol. The maximum absolute atomic E-state index is 11.7. The van der Waals surface area contributed by atoms with Crippen LogP contribution >= 0.6 is 0 Å². The topological polar surface area (TPSA) is 143 Å². The molecule has 0 saturated carbocycles. The van der Waals surface area contributed by atoms with Crippen molar-refractivity contribution in [3.05, 3.63) is 22.5 Å². The van der Waals surface area contributed by atoms with Crippen molar-refractivity contribution in [2.75, 3.05) is 6.61 Å². The molecular weight excluding hydrogens is 366 g/mol. The average Bonchev–Trinajstić information content (AvgIpc) is 3.06. The largest absolute Gasteiger partial charge is 0.482 e. The van der Waals surface area contributed by atoms with Gasteiger partial charge < -0.3 is 33.5 Å². The van der Waals surface area contributed by atoms with Crippen LogP contribution in [0.15, 0.2) is 12.4 Å². The van der Waals surface area contributed by atoms with Crippen LogP contribution in [0.3, 0.4) is 0 Å². The Labute approximate surface area is 152 Å². The smallest absolute Gasteiger partial charge is 0.452 e. The van der Waals surface area contributed by atoms with E-state index in [0.29, 0.717) is 0 Å². The minimum atomic E-state index is -1.20. The second-order valence-electron chi connectivity index (χ2n) is 5.99. The van der Waals surface area contributed by atoms with Crippen LogP contribution < -0.4 is 0 Å². The normalized spacial score (nSPS) is 29.7. The fourth-order valence-electron chi connectivity index (χ4n) is 3.11. The maximum Gasteiger partial charge on any atom is 0.482 e. The van der Waals surface area contributed by atoms with Crippen molar-refractivity contribution < 1.29 is 37.9 Å². The number of esters is 3.